The van der Waals surface area contributed by atoms with Gasteiger partial charge in [-0.1, -0.05) is 0 Å². The molecule has 0 aromatic heterocycles. The molecular weight excluding hydrogens is 124 g/mol. The van der Waals surface area contributed by atoms with E-state index < -0.39 is 5.97 Å². The molecule has 0 amide bonds. The summed E-state index contributed by atoms with van der Waals surface area (Å²) in [5, 5.41) is 7.89. The lowest BCUT2D eigenvalue weighted by Gasteiger charge is -1.79. The molecule has 0 aromatic carbocycles. The van der Waals surface area contributed by atoms with Gasteiger partial charge in [0.2, 0.25) is 0 Å². The van der Waals surface area contributed by atoms with Crippen molar-refractivity contribution in [1.29, 1.82) is 0 Å². The molecule has 0 atom stereocenters. The summed E-state index contributed by atoms with van der Waals surface area (Å²) in [4.78, 5) is 27.0. The summed E-state index contributed by atoms with van der Waals surface area (Å²) >= 11 is 0. The minimum absolute atomic E-state index is 0.0521. The molecule has 0 aliphatic rings. The molecule has 0 rings (SSSR count). The standard InChI is InChI=1S/C4H6O3.CH2O/c5-3-1-2-4(6)7;1-2/h3H,1-2H2,(H,6,7);1H2. The second-order valence-electron chi connectivity index (χ2n) is 1.10. The summed E-state index contributed by atoms with van der Waals surface area (Å²) < 4.78 is 0. The van der Waals surface area contributed by atoms with Gasteiger partial charge in [-0.05, 0) is 0 Å². The highest BCUT2D eigenvalue weighted by Gasteiger charge is 1.91. The van der Waals surface area contributed by atoms with Crippen LogP contribution in [0.15, 0.2) is 0 Å². The molecule has 52 valence electrons. The average molecular weight is 132 g/mol. The van der Waals surface area contributed by atoms with E-state index in [0.29, 0.717) is 6.29 Å². The lowest BCUT2D eigenvalue weighted by Crippen LogP contribution is -1.93. The highest BCUT2D eigenvalue weighted by Crippen LogP contribution is 1.80. The Kier molecular flexibility index (Phi) is 11.8. The summed E-state index contributed by atoms with van der Waals surface area (Å²) in [6, 6.07) is 0. The molecule has 0 aliphatic heterocycles. The highest BCUT2D eigenvalue weighted by molar-refractivity contribution is 5.70. The molecule has 0 bridgehead atoms. The van der Waals surface area contributed by atoms with Crippen molar-refractivity contribution in [3.63, 3.8) is 0 Å². The number of hydrogen-bond donors (Lipinski definition) is 1. The molecule has 0 radical (unpaired) electrons. The van der Waals surface area contributed by atoms with Crippen LogP contribution in [0.5, 0.6) is 0 Å². The van der Waals surface area contributed by atoms with E-state index in [2.05, 4.69) is 0 Å². The van der Waals surface area contributed by atoms with Crippen molar-refractivity contribution in [2.24, 2.45) is 0 Å². The van der Waals surface area contributed by atoms with Gasteiger partial charge in [0, 0.05) is 6.42 Å². The zero-order valence-electron chi connectivity index (χ0n) is 4.87. The van der Waals surface area contributed by atoms with Gasteiger partial charge in [0.15, 0.2) is 0 Å². The SMILES string of the molecule is C=O.O=CCCC(=O)O. The molecule has 0 aromatic rings. The van der Waals surface area contributed by atoms with Crippen LogP contribution in [0.1, 0.15) is 12.8 Å². The third kappa shape index (κ3) is 20.0. The first kappa shape index (κ1) is 10.7. The fraction of sp³-hybridized carbons (Fsp3) is 0.400. The van der Waals surface area contributed by atoms with E-state index in [0.717, 1.165) is 0 Å². The number of carboxylic acid groups (broad SMARTS) is 1. The number of carboxylic acids is 1. The molecule has 4 nitrogen and oxygen atoms in total. The fourth-order valence-corrected chi connectivity index (χ4v) is 0.182. The van der Waals surface area contributed by atoms with Crippen LogP contribution in [-0.4, -0.2) is 24.2 Å². The van der Waals surface area contributed by atoms with Crippen molar-refractivity contribution in [3.05, 3.63) is 0 Å². The highest BCUT2D eigenvalue weighted by atomic mass is 16.4. The average Bonchev–Trinajstić information content (AvgIpc) is 1.88. The van der Waals surface area contributed by atoms with Crippen LogP contribution in [0.3, 0.4) is 0 Å². The largest absolute Gasteiger partial charge is 0.481 e. The van der Waals surface area contributed by atoms with E-state index in [9.17, 15) is 9.59 Å². The van der Waals surface area contributed by atoms with E-state index >= 15 is 0 Å². The normalized spacial score (nSPS) is 6.67. The second kappa shape index (κ2) is 9.94. The zero-order chi connectivity index (χ0) is 7.70. The second-order valence-corrected chi connectivity index (χ2v) is 1.10. The van der Waals surface area contributed by atoms with Gasteiger partial charge in [-0.25, -0.2) is 0 Å². The van der Waals surface area contributed by atoms with Crippen LogP contribution in [-0.2, 0) is 14.4 Å². The molecule has 0 aliphatic carbocycles. The predicted molar refractivity (Wildman–Crippen MR) is 30.1 cm³/mol. The number of aldehydes is 1. The van der Waals surface area contributed by atoms with E-state index in [1.165, 1.54) is 0 Å². The van der Waals surface area contributed by atoms with Crippen LogP contribution in [0.4, 0.5) is 0 Å². The van der Waals surface area contributed by atoms with Gasteiger partial charge < -0.3 is 14.7 Å². The maximum Gasteiger partial charge on any atom is 0.303 e. The fourth-order valence-electron chi connectivity index (χ4n) is 0.182. The predicted octanol–water partition coefficient (Wildman–Crippen LogP) is -0.135. The van der Waals surface area contributed by atoms with Crippen molar-refractivity contribution < 1.29 is 19.5 Å². The topological polar surface area (TPSA) is 71.4 Å². The summed E-state index contributed by atoms with van der Waals surface area (Å²) in [7, 11) is 0. The number of hydrogen-bond acceptors (Lipinski definition) is 3. The Morgan fingerprint density at radius 1 is 1.56 bits per heavy atom. The molecule has 4 heteroatoms. The Labute approximate surface area is 52.5 Å². The van der Waals surface area contributed by atoms with E-state index in [1.807, 2.05) is 6.79 Å². The molecule has 0 spiro atoms. The van der Waals surface area contributed by atoms with Gasteiger partial charge in [-0.15, -0.1) is 0 Å². The molecule has 0 saturated carbocycles. The van der Waals surface area contributed by atoms with Crippen molar-refractivity contribution in [2.45, 2.75) is 12.8 Å². The first-order valence-electron chi connectivity index (χ1n) is 2.21. The van der Waals surface area contributed by atoms with E-state index in [-0.39, 0.29) is 12.8 Å². The Morgan fingerprint density at radius 2 is 2.00 bits per heavy atom. The van der Waals surface area contributed by atoms with Crippen molar-refractivity contribution in [3.8, 4) is 0 Å². The van der Waals surface area contributed by atoms with Crippen LogP contribution in [0, 0.1) is 0 Å². The number of rotatable bonds is 3. The van der Waals surface area contributed by atoms with Crippen LogP contribution < -0.4 is 0 Å². The van der Waals surface area contributed by atoms with Gasteiger partial charge in [-0.2, -0.15) is 0 Å². The minimum Gasteiger partial charge on any atom is -0.481 e. The van der Waals surface area contributed by atoms with Gasteiger partial charge in [0.25, 0.3) is 0 Å². The number of aliphatic carboxylic acids is 1. The number of carbonyl (C=O) groups is 3. The minimum atomic E-state index is -0.924. The Balaban J connectivity index is 0. The maximum atomic E-state index is 9.60. The van der Waals surface area contributed by atoms with Crippen molar-refractivity contribution in [1.82, 2.24) is 0 Å². The Bertz CT molecular complexity index is 89.0. The smallest absolute Gasteiger partial charge is 0.303 e. The molecule has 0 fully saturated rings. The summed E-state index contributed by atoms with van der Waals surface area (Å²) in [6.45, 7) is 2.00. The van der Waals surface area contributed by atoms with Crippen molar-refractivity contribution in [2.75, 3.05) is 0 Å². The lowest BCUT2D eigenvalue weighted by atomic mass is 10.3. The third-order valence-electron chi connectivity index (χ3n) is 0.476. The quantitative estimate of drug-likeness (QED) is 0.543. The molecular formula is C5H8O4. The molecule has 0 unspecified atom stereocenters. The van der Waals surface area contributed by atoms with E-state index in [1.54, 1.807) is 0 Å². The van der Waals surface area contributed by atoms with Crippen LogP contribution in [0.25, 0.3) is 0 Å². The zero-order valence-corrected chi connectivity index (χ0v) is 4.87. The Hall–Kier alpha value is -1.19. The van der Waals surface area contributed by atoms with Crippen LogP contribution >= 0.6 is 0 Å². The monoisotopic (exact) mass is 132 g/mol. The first-order valence-corrected chi connectivity index (χ1v) is 2.21. The van der Waals surface area contributed by atoms with Gasteiger partial charge in [0.05, 0.1) is 6.42 Å². The summed E-state index contributed by atoms with van der Waals surface area (Å²) in [5.74, 6) is -0.924. The molecule has 0 saturated heterocycles. The van der Waals surface area contributed by atoms with Gasteiger partial charge in [0.1, 0.15) is 13.1 Å². The summed E-state index contributed by atoms with van der Waals surface area (Å²) in [5.41, 5.74) is 0. The molecule has 9 heavy (non-hydrogen) atoms. The molecule has 1 N–H and O–H groups in total. The van der Waals surface area contributed by atoms with E-state index in [4.69, 9.17) is 9.90 Å². The van der Waals surface area contributed by atoms with Crippen molar-refractivity contribution >= 4 is 19.0 Å². The van der Waals surface area contributed by atoms with Gasteiger partial charge >= 0.3 is 5.97 Å². The lowest BCUT2D eigenvalue weighted by molar-refractivity contribution is -0.137. The number of carbonyl (C=O) groups excluding carboxylic acids is 2. The van der Waals surface area contributed by atoms with Gasteiger partial charge in [-0.3, -0.25) is 4.79 Å². The van der Waals surface area contributed by atoms with Crippen LogP contribution in [0.2, 0.25) is 0 Å². The summed E-state index contributed by atoms with van der Waals surface area (Å²) in [6.07, 6.45) is 0.660. The third-order valence-corrected chi connectivity index (χ3v) is 0.476. The molecule has 0 heterocycles. The maximum absolute atomic E-state index is 9.60. The Morgan fingerprint density at radius 3 is 2.11 bits per heavy atom. The first-order chi connectivity index (χ1) is 4.27.